The summed E-state index contributed by atoms with van der Waals surface area (Å²) in [5.41, 5.74) is 1.22. The first kappa shape index (κ1) is 12.4. The first-order valence-corrected chi connectivity index (χ1v) is 6.62. The Bertz CT molecular complexity index is 427. The highest BCUT2D eigenvalue weighted by Gasteiger charge is 2.24. The topological polar surface area (TPSA) is 39.1 Å². The lowest BCUT2D eigenvalue weighted by atomic mass is 10.1. The Morgan fingerprint density at radius 3 is 3.12 bits per heavy atom. The van der Waals surface area contributed by atoms with E-state index in [9.17, 15) is 0 Å². The third kappa shape index (κ3) is 2.99. The molecule has 90 valence electrons. The van der Waals surface area contributed by atoms with Crippen molar-refractivity contribution in [3.05, 3.63) is 28.7 Å². The van der Waals surface area contributed by atoms with E-state index in [1.165, 1.54) is 5.69 Å². The Hall–Kier alpha value is -1.05. The zero-order valence-electron chi connectivity index (χ0n) is 9.86. The van der Waals surface area contributed by atoms with Crippen LogP contribution in [0.2, 0.25) is 0 Å². The number of nitrogens with zero attached hydrogens (tertiary/aromatic N) is 2. The Kier molecular flexibility index (Phi) is 4.03. The first-order valence-electron chi connectivity index (χ1n) is 5.83. The van der Waals surface area contributed by atoms with Gasteiger partial charge in [-0.2, -0.15) is 5.26 Å². The standard InChI is InChI=1S/C13H16BrN3/c1-10-8-16-12(5-6-15)9-17(10)13-4-2-3-11(14)7-13/h2-4,7,10,12,16H,5,8-9H2,1H3. The van der Waals surface area contributed by atoms with Crippen molar-refractivity contribution in [2.75, 3.05) is 18.0 Å². The summed E-state index contributed by atoms with van der Waals surface area (Å²) in [4.78, 5) is 2.36. The Labute approximate surface area is 111 Å². The second-order valence-corrected chi connectivity index (χ2v) is 5.36. The van der Waals surface area contributed by atoms with E-state index in [-0.39, 0.29) is 6.04 Å². The van der Waals surface area contributed by atoms with Crippen LogP contribution in [0, 0.1) is 11.3 Å². The first-order chi connectivity index (χ1) is 8.20. The summed E-state index contributed by atoms with van der Waals surface area (Å²) in [5, 5.41) is 12.2. The van der Waals surface area contributed by atoms with Gasteiger partial charge < -0.3 is 10.2 Å². The van der Waals surface area contributed by atoms with E-state index in [4.69, 9.17) is 5.26 Å². The molecule has 0 spiro atoms. The van der Waals surface area contributed by atoms with E-state index >= 15 is 0 Å². The fourth-order valence-corrected chi connectivity index (χ4v) is 2.58. The number of halogens is 1. The van der Waals surface area contributed by atoms with E-state index in [1.807, 2.05) is 12.1 Å². The van der Waals surface area contributed by atoms with Gasteiger partial charge in [-0.05, 0) is 25.1 Å². The van der Waals surface area contributed by atoms with Gasteiger partial charge in [-0.3, -0.25) is 0 Å². The largest absolute Gasteiger partial charge is 0.366 e. The molecule has 0 aliphatic carbocycles. The van der Waals surface area contributed by atoms with Crippen LogP contribution >= 0.6 is 15.9 Å². The van der Waals surface area contributed by atoms with Crippen molar-refractivity contribution in [2.24, 2.45) is 0 Å². The molecule has 1 aliphatic heterocycles. The van der Waals surface area contributed by atoms with Crippen molar-refractivity contribution in [3.63, 3.8) is 0 Å². The van der Waals surface area contributed by atoms with Crippen molar-refractivity contribution in [3.8, 4) is 6.07 Å². The van der Waals surface area contributed by atoms with E-state index in [1.54, 1.807) is 0 Å². The van der Waals surface area contributed by atoms with Gasteiger partial charge in [0.1, 0.15) is 0 Å². The van der Waals surface area contributed by atoms with Gasteiger partial charge in [0, 0.05) is 35.3 Å². The molecule has 1 aromatic carbocycles. The molecular weight excluding hydrogens is 278 g/mol. The molecule has 0 amide bonds. The average Bonchev–Trinajstić information content (AvgIpc) is 2.32. The molecule has 1 aromatic rings. The summed E-state index contributed by atoms with van der Waals surface area (Å²) in [6.07, 6.45) is 0.567. The fourth-order valence-electron chi connectivity index (χ4n) is 2.19. The van der Waals surface area contributed by atoms with Gasteiger partial charge in [0.25, 0.3) is 0 Å². The Morgan fingerprint density at radius 2 is 2.41 bits per heavy atom. The minimum Gasteiger partial charge on any atom is -0.366 e. The number of rotatable bonds is 2. The zero-order chi connectivity index (χ0) is 12.3. The molecule has 1 heterocycles. The monoisotopic (exact) mass is 293 g/mol. The zero-order valence-corrected chi connectivity index (χ0v) is 11.4. The molecule has 0 aromatic heterocycles. The molecule has 2 rings (SSSR count). The van der Waals surface area contributed by atoms with Crippen molar-refractivity contribution in [2.45, 2.75) is 25.4 Å². The lowest BCUT2D eigenvalue weighted by Gasteiger charge is -2.39. The average molecular weight is 294 g/mol. The van der Waals surface area contributed by atoms with Crippen LogP contribution in [0.4, 0.5) is 5.69 Å². The van der Waals surface area contributed by atoms with E-state index < -0.39 is 0 Å². The van der Waals surface area contributed by atoms with Crippen LogP contribution in [0.15, 0.2) is 28.7 Å². The predicted octanol–water partition coefficient (Wildman–Crippen LogP) is 2.53. The highest BCUT2D eigenvalue weighted by Crippen LogP contribution is 2.23. The maximum Gasteiger partial charge on any atom is 0.0638 e. The van der Waals surface area contributed by atoms with Gasteiger partial charge in [-0.25, -0.2) is 0 Å². The maximum atomic E-state index is 8.77. The van der Waals surface area contributed by atoms with Gasteiger partial charge >= 0.3 is 0 Å². The minimum atomic E-state index is 0.273. The third-order valence-corrected chi connectivity index (χ3v) is 3.62. The van der Waals surface area contributed by atoms with Crippen LogP contribution in [0.5, 0.6) is 0 Å². The van der Waals surface area contributed by atoms with Crippen molar-refractivity contribution in [1.29, 1.82) is 5.26 Å². The molecule has 0 bridgehead atoms. The normalized spacial score (nSPS) is 24.4. The van der Waals surface area contributed by atoms with Crippen molar-refractivity contribution < 1.29 is 0 Å². The van der Waals surface area contributed by atoms with Gasteiger partial charge in [-0.15, -0.1) is 0 Å². The van der Waals surface area contributed by atoms with Gasteiger partial charge in [0.05, 0.1) is 12.5 Å². The maximum absolute atomic E-state index is 8.77. The smallest absolute Gasteiger partial charge is 0.0638 e. The Morgan fingerprint density at radius 1 is 1.59 bits per heavy atom. The molecule has 1 N–H and O–H groups in total. The lowest BCUT2D eigenvalue weighted by molar-refractivity contribution is 0.409. The summed E-state index contributed by atoms with van der Waals surface area (Å²) >= 11 is 3.50. The molecule has 4 heteroatoms. The van der Waals surface area contributed by atoms with Crippen LogP contribution in [-0.2, 0) is 0 Å². The number of hydrogen-bond donors (Lipinski definition) is 1. The second kappa shape index (κ2) is 5.52. The minimum absolute atomic E-state index is 0.273. The predicted molar refractivity (Wildman–Crippen MR) is 73.0 cm³/mol. The van der Waals surface area contributed by atoms with Crippen LogP contribution < -0.4 is 10.2 Å². The SMILES string of the molecule is CC1CNC(CC#N)CN1c1cccc(Br)c1. The summed E-state index contributed by atoms with van der Waals surface area (Å²) in [5.74, 6) is 0. The van der Waals surface area contributed by atoms with Gasteiger partial charge in [-0.1, -0.05) is 22.0 Å². The number of piperazine rings is 1. The molecule has 1 fully saturated rings. The van der Waals surface area contributed by atoms with Crippen LogP contribution in [0.3, 0.4) is 0 Å². The summed E-state index contributed by atoms with van der Waals surface area (Å²) < 4.78 is 1.09. The molecule has 1 aliphatic rings. The third-order valence-electron chi connectivity index (χ3n) is 3.13. The lowest BCUT2D eigenvalue weighted by Crippen LogP contribution is -2.55. The number of hydrogen-bond acceptors (Lipinski definition) is 3. The Balaban J connectivity index is 2.15. The van der Waals surface area contributed by atoms with E-state index in [0.717, 1.165) is 17.6 Å². The highest BCUT2D eigenvalue weighted by atomic mass is 79.9. The number of anilines is 1. The quantitative estimate of drug-likeness (QED) is 0.911. The molecule has 0 radical (unpaired) electrons. The van der Waals surface area contributed by atoms with Crippen LogP contribution in [-0.4, -0.2) is 25.2 Å². The van der Waals surface area contributed by atoms with Crippen molar-refractivity contribution in [1.82, 2.24) is 5.32 Å². The highest BCUT2D eigenvalue weighted by molar-refractivity contribution is 9.10. The second-order valence-electron chi connectivity index (χ2n) is 4.45. The van der Waals surface area contributed by atoms with Gasteiger partial charge in [0.15, 0.2) is 0 Å². The van der Waals surface area contributed by atoms with Gasteiger partial charge in [0.2, 0.25) is 0 Å². The van der Waals surface area contributed by atoms with Crippen LogP contribution in [0.25, 0.3) is 0 Å². The number of benzene rings is 1. The fraction of sp³-hybridized carbons (Fsp3) is 0.462. The molecule has 2 unspecified atom stereocenters. The number of nitriles is 1. The molecule has 2 atom stereocenters. The molecular formula is C13H16BrN3. The van der Waals surface area contributed by atoms with E-state index in [2.05, 4.69) is 51.3 Å². The molecule has 1 saturated heterocycles. The van der Waals surface area contributed by atoms with Crippen LogP contribution in [0.1, 0.15) is 13.3 Å². The molecule has 3 nitrogen and oxygen atoms in total. The van der Waals surface area contributed by atoms with Crippen molar-refractivity contribution >= 4 is 21.6 Å². The van der Waals surface area contributed by atoms with E-state index in [0.29, 0.717) is 12.5 Å². The molecule has 0 saturated carbocycles. The summed E-state index contributed by atoms with van der Waals surface area (Å²) in [7, 11) is 0. The number of nitrogens with one attached hydrogen (secondary N) is 1. The summed E-state index contributed by atoms with van der Waals surface area (Å²) in [6.45, 7) is 4.03. The summed E-state index contributed by atoms with van der Waals surface area (Å²) in [6, 6.07) is 11.3. The molecule has 17 heavy (non-hydrogen) atoms.